The van der Waals surface area contributed by atoms with Crippen molar-refractivity contribution in [3.63, 3.8) is 0 Å². The number of ether oxygens (including phenoxy) is 1. The topological polar surface area (TPSA) is 105 Å². The van der Waals surface area contributed by atoms with Gasteiger partial charge in [0.1, 0.15) is 17.7 Å². The lowest BCUT2D eigenvalue weighted by Crippen LogP contribution is -2.57. The first kappa shape index (κ1) is 22.5. The number of hydrogen-bond donors (Lipinski definition) is 3. The molecule has 7 nitrogen and oxygen atoms in total. The Morgan fingerprint density at radius 3 is 2.00 bits per heavy atom. The molecule has 1 rings (SSSR count). The van der Waals surface area contributed by atoms with Gasteiger partial charge in [-0.25, -0.2) is 9.59 Å². The maximum atomic E-state index is 12.8. The van der Waals surface area contributed by atoms with Crippen LogP contribution in [-0.2, 0) is 20.7 Å². The van der Waals surface area contributed by atoms with Gasteiger partial charge in [-0.15, -0.1) is 0 Å². The van der Waals surface area contributed by atoms with Crippen LogP contribution in [-0.4, -0.2) is 40.8 Å². The molecule has 0 saturated carbocycles. The number of hydrogen-bond acceptors (Lipinski definition) is 4. The minimum Gasteiger partial charge on any atom is -0.480 e. The van der Waals surface area contributed by atoms with Crippen LogP contribution in [0.15, 0.2) is 30.3 Å². The second-order valence-corrected chi connectivity index (χ2v) is 8.53. The van der Waals surface area contributed by atoms with Crippen molar-refractivity contribution < 1.29 is 24.2 Å². The van der Waals surface area contributed by atoms with E-state index in [1.165, 1.54) is 0 Å². The Morgan fingerprint density at radius 1 is 1.00 bits per heavy atom. The van der Waals surface area contributed by atoms with E-state index in [0.29, 0.717) is 0 Å². The van der Waals surface area contributed by atoms with Gasteiger partial charge < -0.3 is 20.5 Å². The molecule has 2 atom stereocenters. The van der Waals surface area contributed by atoms with Gasteiger partial charge in [0.05, 0.1) is 0 Å². The number of amides is 2. The third-order valence-corrected chi connectivity index (χ3v) is 3.69. The van der Waals surface area contributed by atoms with Gasteiger partial charge in [-0.05, 0) is 31.7 Å². The summed E-state index contributed by atoms with van der Waals surface area (Å²) in [6.45, 7) is 10.5. The number of carboxylic acid groups (broad SMARTS) is 1. The average molecular weight is 378 g/mol. The maximum absolute atomic E-state index is 12.8. The molecule has 0 aliphatic rings. The SMILES string of the molecule is CC(C)(C)OC(=O)N[C@H](C(=O)N[C@@H](Cc1ccccc1)C(=O)O)C(C)(C)C. The molecular formula is C20H30N2O5. The van der Waals surface area contributed by atoms with E-state index in [0.717, 1.165) is 5.56 Å². The molecule has 0 bridgehead atoms. The first-order valence-electron chi connectivity index (χ1n) is 8.86. The summed E-state index contributed by atoms with van der Waals surface area (Å²) in [4.78, 5) is 36.4. The molecule has 0 aromatic heterocycles. The molecule has 1 aromatic rings. The highest BCUT2D eigenvalue weighted by Gasteiger charge is 2.36. The summed E-state index contributed by atoms with van der Waals surface area (Å²) in [7, 11) is 0. The Kier molecular flexibility index (Phi) is 7.39. The van der Waals surface area contributed by atoms with Crippen LogP contribution in [0.1, 0.15) is 47.1 Å². The molecule has 2 amide bonds. The van der Waals surface area contributed by atoms with Gasteiger partial charge in [0.15, 0.2) is 0 Å². The molecule has 0 heterocycles. The summed E-state index contributed by atoms with van der Waals surface area (Å²) in [5, 5.41) is 14.6. The number of aliphatic carboxylic acids is 1. The van der Waals surface area contributed by atoms with Crippen molar-refractivity contribution in [3.8, 4) is 0 Å². The van der Waals surface area contributed by atoms with Gasteiger partial charge in [-0.2, -0.15) is 0 Å². The lowest BCUT2D eigenvalue weighted by Gasteiger charge is -2.32. The van der Waals surface area contributed by atoms with Gasteiger partial charge in [0.25, 0.3) is 0 Å². The van der Waals surface area contributed by atoms with Crippen molar-refractivity contribution in [1.29, 1.82) is 0 Å². The molecule has 0 saturated heterocycles. The molecule has 0 radical (unpaired) electrons. The number of nitrogens with one attached hydrogen (secondary N) is 2. The van der Waals surface area contributed by atoms with Crippen molar-refractivity contribution in [3.05, 3.63) is 35.9 Å². The van der Waals surface area contributed by atoms with Crippen LogP contribution in [0.2, 0.25) is 0 Å². The summed E-state index contributed by atoms with van der Waals surface area (Å²) in [6.07, 6.45) is -0.585. The van der Waals surface area contributed by atoms with E-state index >= 15 is 0 Å². The number of rotatable bonds is 6. The average Bonchev–Trinajstić information content (AvgIpc) is 2.50. The normalized spacial score (nSPS) is 14.0. The third kappa shape index (κ3) is 8.11. The van der Waals surface area contributed by atoms with E-state index in [4.69, 9.17) is 4.74 Å². The highest BCUT2D eigenvalue weighted by atomic mass is 16.6. The first-order chi connectivity index (χ1) is 12.3. The van der Waals surface area contributed by atoms with Crippen LogP contribution >= 0.6 is 0 Å². The zero-order valence-electron chi connectivity index (χ0n) is 16.8. The summed E-state index contributed by atoms with van der Waals surface area (Å²) in [5.74, 6) is -1.71. The van der Waals surface area contributed by atoms with E-state index in [1.807, 2.05) is 6.07 Å². The number of carbonyl (C=O) groups excluding carboxylic acids is 2. The quantitative estimate of drug-likeness (QED) is 0.706. The number of carbonyl (C=O) groups is 3. The molecule has 0 spiro atoms. The van der Waals surface area contributed by atoms with Crippen LogP contribution in [0.25, 0.3) is 0 Å². The maximum Gasteiger partial charge on any atom is 0.408 e. The summed E-state index contributed by atoms with van der Waals surface area (Å²) >= 11 is 0. The van der Waals surface area contributed by atoms with Gasteiger partial charge in [-0.1, -0.05) is 51.1 Å². The molecule has 7 heteroatoms. The Bertz CT molecular complexity index is 659. The van der Waals surface area contributed by atoms with Crippen molar-refractivity contribution in [2.75, 3.05) is 0 Å². The molecular weight excluding hydrogens is 348 g/mol. The molecule has 0 aliphatic heterocycles. The second kappa shape index (κ2) is 8.88. The van der Waals surface area contributed by atoms with Gasteiger partial charge in [0.2, 0.25) is 5.91 Å². The second-order valence-electron chi connectivity index (χ2n) is 8.53. The predicted molar refractivity (Wildman–Crippen MR) is 102 cm³/mol. The zero-order chi connectivity index (χ0) is 20.8. The fourth-order valence-electron chi connectivity index (χ4n) is 2.41. The van der Waals surface area contributed by atoms with Crippen molar-refractivity contribution in [2.45, 2.75) is 65.6 Å². The van der Waals surface area contributed by atoms with Crippen molar-refractivity contribution in [1.82, 2.24) is 10.6 Å². The fourth-order valence-corrected chi connectivity index (χ4v) is 2.41. The van der Waals surface area contributed by atoms with E-state index in [-0.39, 0.29) is 6.42 Å². The van der Waals surface area contributed by atoms with Crippen LogP contribution < -0.4 is 10.6 Å². The highest BCUT2D eigenvalue weighted by Crippen LogP contribution is 2.20. The van der Waals surface area contributed by atoms with Crippen molar-refractivity contribution >= 4 is 18.0 Å². The van der Waals surface area contributed by atoms with Crippen LogP contribution in [0, 0.1) is 5.41 Å². The molecule has 150 valence electrons. The van der Waals surface area contributed by atoms with Gasteiger partial charge in [-0.3, -0.25) is 4.79 Å². The third-order valence-electron chi connectivity index (χ3n) is 3.69. The largest absolute Gasteiger partial charge is 0.480 e. The molecule has 27 heavy (non-hydrogen) atoms. The van der Waals surface area contributed by atoms with Crippen LogP contribution in [0.4, 0.5) is 4.79 Å². The lowest BCUT2D eigenvalue weighted by atomic mass is 9.86. The van der Waals surface area contributed by atoms with E-state index < -0.39 is 41.1 Å². The van der Waals surface area contributed by atoms with Gasteiger partial charge in [0, 0.05) is 6.42 Å². The minimum absolute atomic E-state index is 0.144. The Labute approximate surface area is 160 Å². The Morgan fingerprint density at radius 2 is 1.56 bits per heavy atom. The first-order valence-corrected chi connectivity index (χ1v) is 8.86. The predicted octanol–water partition coefficient (Wildman–Crippen LogP) is 2.74. The molecule has 0 aliphatic carbocycles. The van der Waals surface area contributed by atoms with Crippen molar-refractivity contribution in [2.24, 2.45) is 5.41 Å². The van der Waals surface area contributed by atoms with E-state index in [1.54, 1.807) is 65.8 Å². The number of alkyl carbamates (subject to hydrolysis) is 1. The van der Waals surface area contributed by atoms with Gasteiger partial charge >= 0.3 is 12.1 Å². The zero-order valence-corrected chi connectivity index (χ0v) is 16.8. The van der Waals surface area contributed by atoms with E-state index in [2.05, 4.69) is 10.6 Å². The molecule has 0 fully saturated rings. The fraction of sp³-hybridized carbons (Fsp3) is 0.550. The number of carboxylic acids is 1. The summed E-state index contributed by atoms with van der Waals surface area (Å²) in [5.41, 5.74) is -0.561. The number of benzene rings is 1. The molecule has 1 aromatic carbocycles. The Hall–Kier alpha value is -2.57. The summed E-state index contributed by atoms with van der Waals surface area (Å²) in [6, 6.07) is 6.97. The van der Waals surface area contributed by atoms with Crippen LogP contribution in [0.3, 0.4) is 0 Å². The summed E-state index contributed by atoms with van der Waals surface area (Å²) < 4.78 is 5.22. The lowest BCUT2D eigenvalue weighted by molar-refractivity contribution is -0.142. The molecule has 3 N–H and O–H groups in total. The molecule has 0 unspecified atom stereocenters. The smallest absolute Gasteiger partial charge is 0.408 e. The monoisotopic (exact) mass is 378 g/mol. The highest BCUT2D eigenvalue weighted by molar-refractivity contribution is 5.90. The van der Waals surface area contributed by atoms with Crippen LogP contribution in [0.5, 0.6) is 0 Å². The Balaban J connectivity index is 2.90. The standard InChI is InChI=1S/C20H30N2O5/c1-19(2,3)15(22-18(26)27-20(4,5)6)16(23)21-14(17(24)25)12-13-10-8-7-9-11-13/h7-11,14-15H,12H2,1-6H3,(H,21,23)(H,22,26)(H,24,25)/t14-,15+/m0/s1. The minimum atomic E-state index is -1.14. The van der Waals surface area contributed by atoms with E-state index in [9.17, 15) is 19.5 Å².